The molecule has 1 atom stereocenters. The lowest BCUT2D eigenvalue weighted by atomic mass is 9.99. The smallest absolute Gasteiger partial charge is 0.407 e. The molecule has 0 fully saturated rings. The van der Waals surface area contributed by atoms with Gasteiger partial charge in [0.1, 0.15) is 24.2 Å². The van der Waals surface area contributed by atoms with Crippen molar-refractivity contribution in [3.05, 3.63) is 151 Å². The molecule has 56 heavy (non-hydrogen) atoms. The Morgan fingerprint density at radius 1 is 0.839 bits per heavy atom. The molecule has 3 heterocycles. The van der Waals surface area contributed by atoms with E-state index in [2.05, 4.69) is 10.6 Å². The normalized spacial score (nSPS) is 11.9. The minimum atomic E-state index is -0.583. The monoisotopic (exact) mass is 749 g/mol. The van der Waals surface area contributed by atoms with Crippen LogP contribution in [0.25, 0.3) is 33.3 Å². The zero-order valence-corrected chi connectivity index (χ0v) is 31.7. The van der Waals surface area contributed by atoms with Crippen LogP contribution in [0, 0.1) is 0 Å². The van der Waals surface area contributed by atoms with Gasteiger partial charge in [0, 0.05) is 34.0 Å². The number of hydrogen-bond acceptors (Lipinski definition) is 8. The largest absolute Gasteiger partial charge is 0.497 e. The highest BCUT2D eigenvalue weighted by molar-refractivity contribution is 6.08. The van der Waals surface area contributed by atoms with Crippen LogP contribution in [-0.2, 0) is 17.7 Å². The zero-order valence-electron chi connectivity index (χ0n) is 31.7. The molecule has 0 aliphatic carbocycles. The van der Waals surface area contributed by atoms with Crippen molar-refractivity contribution < 1.29 is 28.2 Å². The number of amides is 2. The van der Waals surface area contributed by atoms with Crippen LogP contribution in [0.1, 0.15) is 42.3 Å². The number of benzene rings is 4. The summed E-state index contributed by atoms with van der Waals surface area (Å²) in [6, 6.07) is 36.4. The van der Waals surface area contributed by atoms with Crippen molar-refractivity contribution in [1.29, 1.82) is 0 Å². The molecule has 0 aliphatic rings. The Morgan fingerprint density at radius 2 is 1.59 bits per heavy atom. The molecule has 0 unspecified atom stereocenters. The Hall–Kier alpha value is -6.88. The highest BCUT2D eigenvalue weighted by atomic mass is 16.6. The van der Waals surface area contributed by atoms with E-state index < -0.39 is 17.7 Å². The Morgan fingerprint density at radius 3 is 2.29 bits per heavy atom. The second kappa shape index (κ2) is 16.6. The summed E-state index contributed by atoms with van der Waals surface area (Å²) in [6.45, 7) is 6.25. The van der Waals surface area contributed by atoms with Gasteiger partial charge in [0.05, 0.1) is 43.6 Å². The number of nitrogens with one attached hydrogen (secondary N) is 2. The molecule has 4 aromatic carbocycles. The first-order valence-electron chi connectivity index (χ1n) is 18.3. The number of carbonyl (C=O) groups excluding carboxylic acids is 2. The minimum Gasteiger partial charge on any atom is -0.497 e. The van der Waals surface area contributed by atoms with Crippen LogP contribution in [0.3, 0.4) is 0 Å². The molecule has 2 N–H and O–H groups in total. The average molecular weight is 750 g/mol. The molecule has 0 spiro atoms. The fourth-order valence-electron chi connectivity index (χ4n) is 6.29. The van der Waals surface area contributed by atoms with Crippen molar-refractivity contribution in [3.63, 3.8) is 0 Å². The van der Waals surface area contributed by atoms with Gasteiger partial charge in [-0.3, -0.25) is 14.5 Å². The van der Waals surface area contributed by atoms with Crippen LogP contribution in [0.2, 0.25) is 0 Å². The molecule has 0 saturated carbocycles. The molecule has 2 amide bonds. The Balaban J connectivity index is 1.24. The lowest BCUT2D eigenvalue weighted by Crippen LogP contribution is -2.43. The van der Waals surface area contributed by atoms with Crippen molar-refractivity contribution in [1.82, 2.24) is 20.1 Å². The van der Waals surface area contributed by atoms with Gasteiger partial charge in [0.15, 0.2) is 5.82 Å². The molecule has 0 aliphatic heterocycles. The highest BCUT2D eigenvalue weighted by Crippen LogP contribution is 2.37. The molecule has 3 aromatic heterocycles. The van der Waals surface area contributed by atoms with E-state index >= 15 is 0 Å². The molecule has 7 rings (SSSR count). The predicted molar refractivity (Wildman–Crippen MR) is 216 cm³/mol. The van der Waals surface area contributed by atoms with Gasteiger partial charge in [-0.05, 0) is 86.0 Å². The van der Waals surface area contributed by atoms with E-state index in [4.69, 9.17) is 28.7 Å². The number of ether oxygens (including phenoxy) is 3. The maximum Gasteiger partial charge on any atom is 0.407 e. The van der Waals surface area contributed by atoms with Crippen molar-refractivity contribution in [2.45, 2.75) is 45.4 Å². The first-order chi connectivity index (χ1) is 27.1. The molecule has 11 nitrogen and oxygen atoms in total. The number of rotatable bonds is 13. The van der Waals surface area contributed by atoms with Gasteiger partial charge >= 0.3 is 6.09 Å². The second-order valence-electron chi connectivity index (χ2n) is 14.4. The highest BCUT2D eigenvalue weighted by Gasteiger charge is 2.22. The van der Waals surface area contributed by atoms with Crippen LogP contribution in [-0.4, -0.2) is 52.1 Å². The Bertz CT molecular complexity index is 2400. The molecule has 0 saturated heterocycles. The number of alkyl carbamates (subject to hydrolysis) is 1. The lowest BCUT2D eigenvalue weighted by Gasteiger charge is -2.24. The zero-order chi connectivity index (χ0) is 39.1. The first-order valence-corrected chi connectivity index (χ1v) is 18.3. The third-order valence-electron chi connectivity index (χ3n) is 8.97. The summed E-state index contributed by atoms with van der Waals surface area (Å²) in [6.07, 6.45) is 4.24. The molecule has 7 aromatic rings. The van der Waals surface area contributed by atoms with Gasteiger partial charge in [-0.15, -0.1) is 0 Å². The van der Waals surface area contributed by atoms with E-state index in [1.165, 1.54) is 0 Å². The Kier molecular flexibility index (Phi) is 11.1. The maximum atomic E-state index is 13.4. The summed E-state index contributed by atoms with van der Waals surface area (Å²) in [4.78, 5) is 31.1. The molecular formula is C45H43N5O6. The summed E-state index contributed by atoms with van der Waals surface area (Å²) in [5, 5.41) is 11.6. The third kappa shape index (κ3) is 9.25. The van der Waals surface area contributed by atoms with E-state index in [0.717, 1.165) is 44.5 Å². The van der Waals surface area contributed by atoms with Gasteiger partial charge in [-0.25, -0.2) is 4.79 Å². The van der Waals surface area contributed by atoms with E-state index in [0.29, 0.717) is 35.8 Å². The fourth-order valence-corrected chi connectivity index (χ4v) is 6.29. The number of fused-ring (bicyclic) bond motifs is 1. The topological polar surface area (TPSA) is 130 Å². The summed E-state index contributed by atoms with van der Waals surface area (Å²) in [5.41, 5.74) is 5.94. The number of methoxy groups -OCH3 is 1. The number of nitrogens with zero attached hydrogens (tertiary/aromatic N) is 3. The van der Waals surface area contributed by atoms with E-state index in [9.17, 15) is 9.59 Å². The number of furan rings is 1. The minimum absolute atomic E-state index is 0.0888. The van der Waals surface area contributed by atoms with E-state index in [1.54, 1.807) is 38.0 Å². The number of pyridine rings is 1. The number of aromatic nitrogens is 3. The summed E-state index contributed by atoms with van der Waals surface area (Å²) in [5.74, 6) is 1.39. The molecule has 0 bridgehead atoms. The standard InChI is InChI=1S/C45H43N5O6/c1-45(2,3)48-44(52)56-37(23-30-11-7-5-8-12-30)29-55-36-25-38(41(46-26-36)34-21-22-54-28-34)33-17-20-40-39(24-33)42(47-43(51)32-13-9-6-10-14-32)49-50(40)27-31-15-18-35(53-4)19-16-31/h5-22,24-26,28,37H,23,27,29H2,1-4H3,(H,48,52)(H,47,49,51)/t37-/m0/s1. The summed E-state index contributed by atoms with van der Waals surface area (Å²) >= 11 is 0. The SMILES string of the molecule is COc1ccc(Cn2nc(NC(=O)c3ccccc3)c3cc(-c4cc(OC[C@H](Cc5ccccc5)OC(=O)NC(C)(C)C)cnc4-c4ccoc4)ccc32)cc1. The number of anilines is 1. The molecule has 11 heteroatoms. The average Bonchev–Trinajstić information content (AvgIpc) is 3.86. The van der Waals surface area contributed by atoms with Gasteiger partial charge in [-0.2, -0.15) is 5.10 Å². The fraction of sp³-hybridized carbons (Fsp3) is 0.200. The van der Waals surface area contributed by atoms with Crippen molar-refractivity contribution in [3.8, 4) is 33.9 Å². The van der Waals surface area contributed by atoms with Crippen molar-refractivity contribution >= 4 is 28.7 Å². The van der Waals surface area contributed by atoms with Crippen LogP contribution in [0.15, 0.2) is 138 Å². The number of hydrogen-bond donors (Lipinski definition) is 2. The first kappa shape index (κ1) is 37.4. The van der Waals surface area contributed by atoms with Gasteiger partial charge in [0.25, 0.3) is 5.91 Å². The van der Waals surface area contributed by atoms with Crippen LogP contribution < -0.4 is 20.1 Å². The Labute approximate surface area is 325 Å². The number of carbonyl (C=O) groups is 2. The quantitative estimate of drug-likeness (QED) is 0.119. The summed E-state index contributed by atoms with van der Waals surface area (Å²) < 4.78 is 24.9. The van der Waals surface area contributed by atoms with Crippen LogP contribution >= 0.6 is 0 Å². The van der Waals surface area contributed by atoms with Gasteiger partial charge < -0.3 is 29.3 Å². The molecular weight excluding hydrogens is 707 g/mol. The predicted octanol–water partition coefficient (Wildman–Crippen LogP) is 9.18. The maximum absolute atomic E-state index is 13.4. The summed E-state index contributed by atoms with van der Waals surface area (Å²) in [7, 11) is 1.64. The second-order valence-corrected chi connectivity index (χ2v) is 14.4. The van der Waals surface area contributed by atoms with Gasteiger partial charge in [0.2, 0.25) is 0 Å². The molecule has 0 radical (unpaired) electrons. The lowest BCUT2D eigenvalue weighted by molar-refractivity contribution is 0.0608. The van der Waals surface area contributed by atoms with Gasteiger partial charge in [-0.1, -0.05) is 66.7 Å². The molecule has 284 valence electrons. The third-order valence-corrected chi connectivity index (χ3v) is 8.97. The van der Waals surface area contributed by atoms with Crippen LogP contribution in [0.5, 0.6) is 11.5 Å². The van der Waals surface area contributed by atoms with E-state index in [-0.39, 0.29) is 12.5 Å². The van der Waals surface area contributed by atoms with Crippen molar-refractivity contribution in [2.24, 2.45) is 0 Å². The van der Waals surface area contributed by atoms with Crippen LogP contribution in [0.4, 0.5) is 10.6 Å². The van der Waals surface area contributed by atoms with Crippen molar-refractivity contribution in [2.75, 3.05) is 19.0 Å². The van der Waals surface area contributed by atoms with E-state index in [1.807, 2.05) is 129 Å².